The van der Waals surface area contributed by atoms with Gasteiger partial charge in [-0.05, 0) is 34.1 Å². The summed E-state index contributed by atoms with van der Waals surface area (Å²) in [6.45, 7) is 10.0. The molecule has 100 valence electrons. The Labute approximate surface area is 108 Å². The normalized spacial score (nSPS) is 20.7. The van der Waals surface area contributed by atoms with Crippen molar-refractivity contribution >= 4 is 17.4 Å². The summed E-state index contributed by atoms with van der Waals surface area (Å²) in [6, 6.07) is 0. The van der Waals surface area contributed by atoms with Crippen molar-refractivity contribution in [1.82, 2.24) is 9.78 Å². The molecule has 0 saturated heterocycles. The summed E-state index contributed by atoms with van der Waals surface area (Å²) in [6.07, 6.45) is 0.798. The third-order valence-corrected chi connectivity index (χ3v) is 4.25. The number of hydrogen-bond donors (Lipinski definition) is 2. The predicted octanol–water partition coefficient (Wildman–Crippen LogP) is 2.15. The molecule has 0 aromatic carbocycles. The zero-order valence-corrected chi connectivity index (χ0v) is 12.0. The smallest absolute Gasteiger partial charge is 0.232 e. The molecule has 2 rings (SSSR count). The van der Waals surface area contributed by atoms with Gasteiger partial charge in [-0.15, -0.1) is 0 Å². The lowest BCUT2D eigenvalue weighted by molar-refractivity contribution is -0.126. The molecule has 1 amide bonds. The summed E-state index contributed by atoms with van der Waals surface area (Å²) in [5, 5.41) is 10.9. The number of hydrogen-bond acceptors (Lipinski definition) is 3. The van der Waals surface area contributed by atoms with Crippen LogP contribution < -0.4 is 10.6 Å². The SMILES string of the molecule is CCc1nn(C)c2c1NC(=O)C(C)(C)C(C)(C)N2. The van der Waals surface area contributed by atoms with Crippen molar-refractivity contribution in [1.29, 1.82) is 0 Å². The Bertz CT molecular complexity index is 499. The first kappa shape index (κ1) is 12.9. The third-order valence-electron chi connectivity index (χ3n) is 4.25. The molecule has 1 aromatic rings. The van der Waals surface area contributed by atoms with E-state index in [1.807, 2.05) is 41.7 Å². The molecule has 0 radical (unpaired) electrons. The summed E-state index contributed by atoms with van der Waals surface area (Å²) in [7, 11) is 1.89. The topological polar surface area (TPSA) is 59.0 Å². The van der Waals surface area contributed by atoms with Crippen molar-refractivity contribution < 1.29 is 4.79 Å². The number of carbonyl (C=O) groups excluding carboxylic acids is 1. The van der Waals surface area contributed by atoms with E-state index in [4.69, 9.17) is 0 Å². The average molecular weight is 250 g/mol. The minimum absolute atomic E-state index is 0.0291. The lowest BCUT2D eigenvalue weighted by Crippen LogP contribution is -2.51. The van der Waals surface area contributed by atoms with Gasteiger partial charge < -0.3 is 10.6 Å². The third kappa shape index (κ3) is 1.61. The lowest BCUT2D eigenvalue weighted by Gasteiger charge is -2.39. The quantitative estimate of drug-likeness (QED) is 0.803. The van der Waals surface area contributed by atoms with Gasteiger partial charge in [-0.3, -0.25) is 9.48 Å². The molecule has 0 atom stereocenters. The van der Waals surface area contributed by atoms with Crippen LogP contribution in [0.3, 0.4) is 0 Å². The number of amides is 1. The van der Waals surface area contributed by atoms with E-state index in [2.05, 4.69) is 15.7 Å². The fourth-order valence-corrected chi connectivity index (χ4v) is 2.11. The maximum absolute atomic E-state index is 12.4. The largest absolute Gasteiger partial charge is 0.363 e. The predicted molar refractivity (Wildman–Crippen MR) is 72.7 cm³/mol. The molecule has 0 fully saturated rings. The second kappa shape index (κ2) is 3.73. The maximum atomic E-state index is 12.4. The summed E-state index contributed by atoms with van der Waals surface area (Å²) in [5.74, 6) is 0.914. The molecule has 0 saturated carbocycles. The van der Waals surface area contributed by atoms with Crippen LogP contribution in [0.4, 0.5) is 11.5 Å². The van der Waals surface area contributed by atoms with Gasteiger partial charge in [0.15, 0.2) is 0 Å². The molecular weight excluding hydrogens is 228 g/mol. The van der Waals surface area contributed by atoms with E-state index in [-0.39, 0.29) is 11.4 Å². The molecule has 0 bridgehead atoms. The van der Waals surface area contributed by atoms with Gasteiger partial charge in [-0.25, -0.2) is 0 Å². The van der Waals surface area contributed by atoms with Crippen LogP contribution in [0.1, 0.15) is 40.3 Å². The molecule has 0 aliphatic carbocycles. The van der Waals surface area contributed by atoms with Crippen LogP contribution >= 0.6 is 0 Å². The summed E-state index contributed by atoms with van der Waals surface area (Å²) in [5.41, 5.74) is 0.892. The Kier molecular flexibility index (Phi) is 2.68. The van der Waals surface area contributed by atoms with Gasteiger partial charge >= 0.3 is 0 Å². The van der Waals surface area contributed by atoms with E-state index < -0.39 is 5.41 Å². The number of carbonyl (C=O) groups is 1. The fraction of sp³-hybridized carbons (Fsp3) is 0.692. The Morgan fingerprint density at radius 1 is 1.28 bits per heavy atom. The van der Waals surface area contributed by atoms with Gasteiger partial charge in [0.2, 0.25) is 5.91 Å². The van der Waals surface area contributed by atoms with Crippen molar-refractivity contribution in [3.05, 3.63) is 5.69 Å². The Morgan fingerprint density at radius 3 is 2.44 bits per heavy atom. The molecule has 2 heterocycles. The number of nitrogens with one attached hydrogen (secondary N) is 2. The van der Waals surface area contributed by atoms with Gasteiger partial charge in [-0.1, -0.05) is 6.92 Å². The van der Waals surface area contributed by atoms with Crippen LogP contribution in [-0.2, 0) is 18.3 Å². The van der Waals surface area contributed by atoms with E-state index in [9.17, 15) is 4.79 Å². The molecular formula is C13H22N4O. The number of fused-ring (bicyclic) bond motifs is 1. The Balaban J connectivity index is 2.59. The monoisotopic (exact) mass is 250 g/mol. The molecule has 1 aromatic heterocycles. The number of anilines is 2. The van der Waals surface area contributed by atoms with Gasteiger partial charge in [0.05, 0.1) is 11.1 Å². The van der Waals surface area contributed by atoms with Crippen LogP contribution in [0.5, 0.6) is 0 Å². The highest BCUT2D eigenvalue weighted by Crippen LogP contribution is 2.41. The molecule has 0 spiro atoms. The second-order valence-electron chi connectivity index (χ2n) is 5.98. The molecule has 2 N–H and O–H groups in total. The van der Waals surface area contributed by atoms with Crippen LogP contribution in [0.2, 0.25) is 0 Å². The van der Waals surface area contributed by atoms with E-state index in [0.717, 1.165) is 23.6 Å². The van der Waals surface area contributed by atoms with Crippen LogP contribution in [-0.4, -0.2) is 21.2 Å². The average Bonchev–Trinajstić information content (AvgIpc) is 2.52. The fourth-order valence-electron chi connectivity index (χ4n) is 2.11. The molecule has 1 aliphatic heterocycles. The number of aromatic nitrogens is 2. The minimum atomic E-state index is -0.503. The molecule has 18 heavy (non-hydrogen) atoms. The summed E-state index contributed by atoms with van der Waals surface area (Å²) in [4.78, 5) is 12.4. The first-order chi connectivity index (χ1) is 8.20. The minimum Gasteiger partial charge on any atom is -0.363 e. The number of aryl methyl sites for hydroxylation is 2. The van der Waals surface area contributed by atoms with Crippen molar-refractivity contribution in [2.75, 3.05) is 10.6 Å². The molecule has 5 nitrogen and oxygen atoms in total. The van der Waals surface area contributed by atoms with Crippen molar-refractivity contribution in [3.8, 4) is 0 Å². The molecule has 5 heteroatoms. The van der Waals surface area contributed by atoms with Crippen molar-refractivity contribution in [2.45, 2.75) is 46.6 Å². The standard InChI is InChI=1S/C13H22N4O/c1-7-8-9-10(17(6)16-8)15-13(4,5)12(2,3)11(18)14-9/h15H,7H2,1-6H3,(H,14,18). The Morgan fingerprint density at radius 2 is 1.89 bits per heavy atom. The van der Waals surface area contributed by atoms with Crippen molar-refractivity contribution in [3.63, 3.8) is 0 Å². The van der Waals surface area contributed by atoms with Crippen LogP contribution in [0.15, 0.2) is 0 Å². The first-order valence-corrected chi connectivity index (χ1v) is 6.36. The molecule has 0 unspecified atom stereocenters. The number of nitrogens with zero attached hydrogens (tertiary/aromatic N) is 2. The summed E-state index contributed by atoms with van der Waals surface area (Å²) >= 11 is 0. The van der Waals surface area contributed by atoms with Gasteiger partial charge in [0, 0.05) is 12.6 Å². The maximum Gasteiger partial charge on any atom is 0.232 e. The Hall–Kier alpha value is -1.52. The van der Waals surface area contributed by atoms with E-state index in [1.165, 1.54) is 0 Å². The van der Waals surface area contributed by atoms with Gasteiger partial charge in [0.25, 0.3) is 0 Å². The summed E-state index contributed by atoms with van der Waals surface area (Å²) < 4.78 is 1.80. The van der Waals surface area contributed by atoms with E-state index in [1.54, 1.807) is 4.68 Å². The second-order valence-corrected chi connectivity index (χ2v) is 5.98. The highest BCUT2D eigenvalue weighted by Gasteiger charge is 2.46. The number of rotatable bonds is 1. The van der Waals surface area contributed by atoms with Crippen LogP contribution in [0, 0.1) is 5.41 Å². The van der Waals surface area contributed by atoms with E-state index >= 15 is 0 Å². The van der Waals surface area contributed by atoms with Gasteiger partial charge in [0.1, 0.15) is 11.5 Å². The first-order valence-electron chi connectivity index (χ1n) is 6.36. The van der Waals surface area contributed by atoms with Gasteiger partial charge in [-0.2, -0.15) is 5.10 Å². The lowest BCUT2D eigenvalue weighted by atomic mass is 9.74. The zero-order valence-electron chi connectivity index (χ0n) is 12.0. The highest BCUT2D eigenvalue weighted by molar-refractivity contribution is 6.00. The van der Waals surface area contributed by atoms with Crippen molar-refractivity contribution in [2.24, 2.45) is 12.5 Å². The zero-order chi connectivity index (χ0) is 13.7. The van der Waals surface area contributed by atoms with E-state index in [0.29, 0.717) is 0 Å². The van der Waals surface area contributed by atoms with Crippen LogP contribution in [0.25, 0.3) is 0 Å². The molecule has 1 aliphatic rings. The highest BCUT2D eigenvalue weighted by atomic mass is 16.2.